The number of rotatable bonds is 4. The van der Waals surface area contributed by atoms with E-state index in [-0.39, 0.29) is 5.56 Å². The number of aromatic nitrogens is 1. The molecule has 1 aromatic rings. The molecule has 0 saturated carbocycles. The zero-order valence-electron chi connectivity index (χ0n) is 7.57. The van der Waals surface area contributed by atoms with Crippen molar-refractivity contribution in [2.75, 3.05) is 7.11 Å². The zero-order valence-corrected chi connectivity index (χ0v) is 7.57. The van der Waals surface area contributed by atoms with Crippen LogP contribution in [0.3, 0.4) is 0 Å². The summed E-state index contributed by atoms with van der Waals surface area (Å²) >= 11 is 0. The third kappa shape index (κ3) is 2.29. The molecule has 5 heteroatoms. The number of ether oxygens (including phenoxy) is 1. The maximum absolute atomic E-state index is 11.3. The average molecular weight is 195 g/mol. The van der Waals surface area contributed by atoms with Crippen molar-refractivity contribution >= 4 is 17.5 Å². The van der Waals surface area contributed by atoms with Gasteiger partial charge in [0.2, 0.25) is 11.6 Å². The molecule has 1 N–H and O–H groups in total. The molecule has 0 bridgehead atoms. The fraction of sp³-hybridized carbons (Fsp3) is 0.222. The molecule has 14 heavy (non-hydrogen) atoms. The van der Waals surface area contributed by atoms with Crippen LogP contribution in [0, 0.1) is 0 Å². The molecule has 0 aliphatic carbocycles. The van der Waals surface area contributed by atoms with Crippen LogP contribution < -0.4 is 0 Å². The molecule has 0 aliphatic heterocycles. The number of nitrogens with one attached hydrogen (secondary N) is 1. The van der Waals surface area contributed by atoms with Crippen LogP contribution in [0.2, 0.25) is 0 Å². The van der Waals surface area contributed by atoms with E-state index in [2.05, 4.69) is 9.72 Å². The van der Waals surface area contributed by atoms with Crippen LogP contribution in [-0.2, 0) is 14.3 Å². The van der Waals surface area contributed by atoms with Gasteiger partial charge in [0.25, 0.3) is 0 Å². The van der Waals surface area contributed by atoms with Gasteiger partial charge in [-0.2, -0.15) is 0 Å². The van der Waals surface area contributed by atoms with Crippen LogP contribution in [0.4, 0.5) is 0 Å². The van der Waals surface area contributed by atoms with Crippen molar-refractivity contribution in [3.63, 3.8) is 0 Å². The van der Waals surface area contributed by atoms with Crippen LogP contribution in [0.1, 0.15) is 16.8 Å². The van der Waals surface area contributed by atoms with E-state index >= 15 is 0 Å². The number of hydrogen-bond acceptors (Lipinski definition) is 4. The second kappa shape index (κ2) is 4.36. The Hall–Kier alpha value is -1.91. The Morgan fingerprint density at radius 3 is 2.64 bits per heavy atom. The van der Waals surface area contributed by atoms with Crippen molar-refractivity contribution in [3.05, 3.63) is 24.0 Å². The standard InChI is InChI=1S/C9H9NO4/c1-14-8(12)4-7(11)9(13)6-2-3-10-5-6/h2-3,5,10H,4H2,1H3. The van der Waals surface area contributed by atoms with Gasteiger partial charge < -0.3 is 9.72 Å². The fourth-order valence-electron chi connectivity index (χ4n) is 0.910. The molecular weight excluding hydrogens is 186 g/mol. The average Bonchev–Trinajstić information content (AvgIpc) is 2.69. The van der Waals surface area contributed by atoms with Crippen LogP contribution >= 0.6 is 0 Å². The Bertz CT molecular complexity index is 353. The summed E-state index contributed by atoms with van der Waals surface area (Å²) in [6, 6.07) is 1.47. The Morgan fingerprint density at radius 2 is 2.14 bits per heavy atom. The molecule has 0 aromatic carbocycles. The Morgan fingerprint density at radius 1 is 1.43 bits per heavy atom. The first-order valence-electron chi connectivity index (χ1n) is 3.92. The molecule has 1 rings (SSSR count). The van der Waals surface area contributed by atoms with Gasteiger partial charge in [-0.1, -0.05) is 0 Å². The monoisotopic (exact) mass is 195 g/mol. The minimum Gasteiger partial charge on any atom is -0.469 e. The number of carbonyl (C=O) groups excluding carboxylic acids is 3. The van der Waals surface area contributed by atoms with E-state index in [1.54, 1.807) is 0 Å². The maximum Gasteiger partial charge on any atom is 0.313 e. The Labute approximate surface area is 80.1 Å². The number of esters is 1. The maximum atomic E-state index is 11.3. The van der Waals surface area contributed by atoms with Crippen LogP contribution in [0.5, 0.6) is 0 Å². The summed E-state index contributed by atoms with van der Waals surface area (Å²) in [5, 5.41) is 0. The van der Waals surface area contributed by atoms with Crippen LogP contribution in [0.15, 0.2) is 18.5 Å². The van der Waals surface area contributed by atoms with Gasteiger partial charge in [0.1, 0.15) is 6.42 Å². The molecule has 0 saturated heterocycles. The first-order chi connectivity index (χ1) is 6.65. The molecule has 5 nitrogen and oxygen atoms in total. The van der Waals surface area contributed by atoms with Crippen molar-refractivity contribution < 1.29 is 19.1 Å². The van der Waals surface area contributed by atoms with Crippen molar-refractivity contribution in [1.29, 1.82) is 0 Å². The number of aromatic amines is 1. The molecule has 0 radical (unpaired) electrons. The summed E-state index contributed by atoms with van der Waals surface area (Å²) in [5.74, 6) is -2.16. The molecule has 0 amide bonds. The van der Waals surface area contributed by atoms with E-state index in [9.17, 15) is 14.4 Å². The summed E-state index contributed by atoms with van der Waals surface area (Å²) in [4.78, 5) is 35.8. The second-order valence-corrected chi connectivity index (χ2v) is 2.60. The third-order valence-electron chi connectivity index (χ3n) is 1.65. The predicted molar refractivity (Wildman–Crippen MR) is 46.8 cm³/mol. The van der Waals surface area contributed by atoms with Gasteiger partial charge in [0.15, 0.2) is 0 Å². The van der Waals surface area contributed by atoms with Gasteiger partial charge >= 0.3 is 5.97 Å². The van der Waals surface area contributed by atoms with E-state index in [4.69, 9.17) is 0 Å². The first-order valence-corrected chi connectivity index (χ1v) is 3.92. The lowest BCUT2D eigenvalue weighted by Gasteiger charge is -1.96. The molecular formula is C9H9NO4. The number of H-pyrrole nitrogens is 1. The minimum atomic E-state index is -0.767. The largest absolute Gasteiger partial charge is 0.469 e. The molecule has 0 aliphatic rings. The number of ketones is 2. The predicted octanol–water partition coefficient (Wildman–Crippen LogP) is 0.330. The van der Waals surface area contributed by atoms with Gasteiger partial charge in [-0.25, -0.2) is 0 Å². The van der Waals surface area contributed by atoms with Crippen molar-refractivity contribution in [2.45, 2.75) is 6.42 Å². The minimum absolute atomic E-state index is 0.249. The summed E-state index contributed by atoms with van der Waals surface area (Å²) in [7, 11) is 1.16. The van der Waals surface area contributed by atoms with E-state index < -0.39 is 24.0 Å². The van der Waals surface area contributed by atoms with E-state index in [1.165, 1.54) is 18.5 Å². The summed E-state index contributed by atoms with van der Waals surface area (Å²) in [6.07, 6.45) is 2.41. The third-order valence-corrected chi connectivity index (χ3v) is 1.65. The molecule has 0 fully saturated rings. The molecule has 1 heterocycles. The molecule has 74 valence electrons. The smallest absolute Gasteiger partial charge is 0.313 e. The van der Waals surface area contributed by atoms with Gasteiger partial charge in [0.05, 0.1) is 7.11 Å². The lowest BCUT2D eigenvalue weighted by atomic mass is 10.1. The molecule has 0 unspecified atom stereocenters. The number of carbonyl (C=O) groups is 3. The lowest BCUT2D eigenvalue weighted by molar-refractivity contribution is -0.142. The van der Waals surface area contributed by atoms with Gasteiger partial charge in [-0.3, -0.25) is 14.4 Å². The topological polar surface area (TPSA) is 76.2 Å². The number of Topliss-reactive ketones (excluding diaryl/α,β-unsaturated/α-hetero) is 2. The quantitative estimate of drug-likeness (QED) is 0.325. The zero-order chi connectivity index (χ0) is 10.6. The highest BCUT2D eigenvalue weighted by Crippen LogP contribution is 2.01. The molecule has 0 atom stereocenters. The molecule has 1 aromatic heterocycles. The van der Waals surface area contributed by atoms with Crippen molar-refractivity contribution in [1.82, 2.24) is 4.98 Å². The highest BCUT2D eigenvalue weighted by Gasteiger charge is 2.19. The highest BCUT2D eigenvalue weighted by atomic mass is 16.5. The lowest BCUT2D eigenvalue weighted by Crippen LogP contribution is -2.18. The second-order valence-electron chi connectivity index (χ2n) is 2.60. The van der Waals surface area contributed by atoms with Gasteiger partial charge in [-0.05, 0) is 6.07 Å². The summed E-state index contributed by atoms with van der Waals surface area (Å²) in [6.45, 7) is 0. The fourth-order valence-corrected chi connectivity index (χ4v) is 0.910. The molecule has 0 spiro atoms. The van der Waals surface area contributed by atoms with Gasteiger partial charge in [0, 0.05) is 18.0 Å². The SMILES string of the molecule is COC(=O)CC(=O)C(=O)c1cc[nH]c1. The number of hydrogen-bond donors (Lipinski definition) is 1. The Balaban J connectivity index is 2.63. The summed E-state index contributed by atoms with van der Waals surface area (Å²) < 4.78 is 4.27. The Kier molecular flexibility index (Phi) is 3.17. The summed E-state index contributed by atoms with van der Waals surface area (Å²) in [5.41, 5.74) is 0.249. The van der Waals surface area contributed by atoms with Crippen molar-refractivity contribution in [2.24, 2.45) is 0 Å². The van der Waals surface area contributed by atoms with Gasteiger partial charge in [-0.15, -0.1) is 0 Å². The first kappa shape index (κ1) is 10.2. The van der Waals surface area contributed by atoms with Crippen LogP contribution in [0.25, 0.3) is 0 Å². The van der Waals surface area contributed by atoms with E-state index in [0.29, 0.717) is 0 Å². The highest BCUT2D eigenvalue weighted by molar-refractivity contribution is 6.45. The normalized spacial score (nSPS) is 9.50. The van der Waals surface area contributed by atoms with E-state index in [0.717, 1.165) is 7.11 Å². The van der Waals surface area contributed by atoms with E-state index in [1.807, 2.05) is 0 Å². The van der Waals surface area contributed by atoms with Crippen LogP contribution in [-0.4, -0.2) is 29.6 Å². The van der Waals surface area contributed by atoms with Crippen molar-refractivity contribution in [3.8, 4) is 0 Å². The number of methoxy groups -OCH3 is 1.